The van der Waals surface area contributed by atoms with E-state index in [4.69, 9.17) is 5.26 Å². The van der Waals surface area contributed by atoms with Gasteiger partial charge in [0.15, 0.2) is 0 Å². The Morgan fingerprint density at radius 1 is 0.912 bits per heavy atom. The molecule has 1 aromatic heterocycles. The first-order valence-corrected chi connectivity index (χ1v) is 12.8. The van der Waals surface area contributed by atoms with E-state index in [-0.39, 0.29) is 0 Å². The van der Waals surface area contributed by atoms with Crippen molar-refractivity contribution in [2.45, 2.75) is 51.0 Å². The molecule has 1 aliphatic heterocycles. The number of nitrogens with one attached hydrogen (secondary N) is 1. The predicted molar refractivity (Wildman–Crippen MR) is 140 cm³/mol. The lowest BCUT2D eigenvalue weighted by Gasteiger charge is -2.39. The van der Waals surface area contributed by atoms with Crippen LogP contribution in [0.1, 0.15) is 50.5 Å². The third-order valence-corrected chi connectivity index (χ3v) is 7.63. The Bertz CT molecular complexity index is 1100. The lowest BCUT2D eigenvalue weighted by atomic mass is 9.77. The van der Waals surface area contributed by atoms with Crippen LogP contribution in [0.5, 0.6) is 0 Å². The maximum Gasteiger partial charge on any atom is 0.126 e. The SMILES string of the molecule is N#Cc1ccc(N2CCC[C@H](C[C@@H]3CCCC[C@H]3Nc3cc(-c4ccccc4)ccn3)C2)cc1. The van der Waals surface area contributed by atoms with Crippen molar-refractivity contribution in [1.29, 1.82) is 5.26 Å². The number of hydrogen-bond donors (Lipinski definition) is 1. The molecule has 2 aliphatic rings. The van der Waals surface area contributed by atoms with Gasteiger partial charge < -0.3 is 10.2 Å². The quantitative estimate of drug-likeness (QED) is 0.444. The molecular formula is C30H34N4. The molecular weight excluding hydrogens is 416 g/mol. The normalized spacial score (nSPS) is 22.7. The van der Waals surface area contributed by atoms with E-state index in [9.17, 15) is 0 Å². The standard InChI is InChI=1S/C30H34N4/c31-21-23-12-14-28(15-13-23)34-18-6-7-24(22-34)19-27-10-4-5-11-29(27)33-30-20-26(16-17-32-30)25-8-2-1-3-9-25/h1-3,8-9,12-17,20,24,27,29H,4-7,10-11,18-19,22H2,(H,32,33)/t24-,27+,29-/m1/s1. The van der Waals surface area contributed by atoms with Crippen LogP contribution < -0.4 is 10.2 Å². The fourth-order valence-electron chi connectivity index (χ4n) is 5.86. The van der Waals surface area contributed by atoms with Crippen LogP contribution in [-0.4, -0.2) is 24.1 Å². The van der Waals surface area contributed by atoms with Gasteiger partial charge in [0.05, 0.1) is 11.6 Å². The van der Waals surface area contributed by atoms with Crippen molar-refractivity contribution >= 4 is 11.5 Å². The summed E-state index contributed by atoms with van der Waals surface area (Å²) in [5, 5.41) is 12.9. The molecule has 34 heavy (non-hydrogen) atoms. The summed E-state index contributed by atoms with van der Waals surface area (Å²) in [7, 11) is 0. The van der Waals surface area contributed by atoms with Crippen molar-refractivity contribution in [2.75, 3.05) is 23.3 Å². The number of nitriles is 1. The minimum absolute atomic E-state index is 0.498. The fraction of sp³-hybridized carbons (Fsp3) is 0.400. The van der Waals surface area contributed by atoms with E-state index in [1.54, 1.807) is 0 Å². The second-order valence-corrected chi connectivity index (χ2v) is 9.94. The van der Waals surface area contributed by atoms with Gasteiger partial charge in [-0.25, -0.2) is 4.98 Å². The molecule has 1 saturated heterocycles. The van der Waals surface area contributed by atoms with Crippen LogP contribution in [0.25, 0.3) is 11.1 Å². The van der Waals surface area contributed by atoms with Gasteiger partial charge in [-0.2, -0.15) is 5.26 Å². The van der Waals surface area contributed by atoms with Gasteiger partial charge in [0.1, 0.15) is 5.82 Å². The minimum Gasteiger partial charge on any atom is -0.371 e. The zero-order valence-electron chi connectivity index (χ0n) is 19.9. The van der Waals surface area contributed by atoms with Gasteiger partial charge in [0, 0.05) is 31.0 Å². The lowest BCUT2D eigenvalue weighted by Crippen LogP contribution is -2.39. The molecule has 3 atom stereocenters. The lowest BCUT2D eigenvalue weighted by molar-refractivity contribution is 0.247. The number of aromatic nitrogens is 1. The molecule has 174 valence electrons. The van der Waals surface area contributed by atoms with Gasteiger partial charge in [-0.1, -0.05) is 43.2 Å². The van der Waals surface area contributed by atoms with E-state index in [1.165, 1.54) is 61.8 Å². The average molecular weight is 451 g/mol. The zero-order valence-corrected chi connectivity index (χ0v) is 19.9. The van der Waals surface area contributed by atoms with E-state index in [2.05, 4.69) is 75.9 Å². The minimum atomic E-state index is 0.498. The molecule has 1 aliphatic carbocycles. The van der Waals surface area contributed by atoms with Crippen LogP contribution in [0, 0.1) is 23.2 Å². The van der Waals surface area contributed by atoms with Gasteiger partial charge in [0.25, 0.3) is 0 Å². The van der Waals surface area contributed by atoms with Crippen molar-refractivity contribution in [2.24, 2.45) is 11.8 Å². The van der Waals surface area contributed by atoms with Crippen LogP contribution in [0.3, 0.4) is 0 Å². The van der Waals surface area contributed by atoms with Crippen LogP contribution >= 0.6 is 0 Å². The summed E-state index contributed by atoms with van der Waals surface area (Å²) in [6, 6.07) is 25.7. The fourth-order valence-corrected chi connectivity index (χ4v) is 5.86. The maximum absolute atomic E-state index is 9.09. The maximum atomic E-state index is 9.09. The first-order chi connectivity index (χ1) is 16.8. The number of benzene rings is 2. The number of pyridine rings is 1. The summed E-state index contributed by atoms with van der Waals surface area (Å²) in [5.74, 6) is 2.42. The van der Waals surface area contributed by atoms with Crippen LogP contribution in [0.2, 0.25) is 0 Å². The highest BCUT2D eigenvalue weighted by molar-refractivity contribution is 5.66. The van der Waals surface area contributed by atoms with Crippen molar-refractivity contribution in [1.82, 2.24) is 4.98 Å². The first kappa shape index (κ1) is 22.5. The van der Waals surface area contributed by atoms with Gasteiger partial charge in [-0.15, -0.1) is 0 Å². The van der Waals surface area contributed by atoms with E-state index in [0.29, 0.717) is 12.0 Å². The predicted octanol–water partition coefficient (Wildman–Crippen LogP) is 6.90. The molecule has 0 unspecified atom stereocenters. The highest BCUT2D eigenvalue weighted by Crippen LogP contribution is 2.35. The topological polar surface area (TPSA) is 52.0 Å². The van der Waals surface area contributed by atoms with Crippen molar-refractivity contribution in [3.05, 3.63) is 78.5 Å². The van der Waals surface area contributed by atoms with Crippen molar-refractivity contribution in [3.63, 3.8) is 0 Å². The molecule has 2 aromatic carbocycles. The molecule has 0 bridgehead atoms. The smallest absolute Gasteiger partial charge is 0.126 e. The van der Waals surface area contributed by atoms with Crippen LogP contribution in [-0.2, 0) is 0 Å². The van der Waals surface area contributed by atoms with Crippen LogP contribution in [0.15, 0.2) is 72.9 Å². The third-order valence-electron chi connectivity index (χ3n) is 7.63. The van der Waals surface area contributed by atoms with Crippen LogP contribution in [0.4, 0.5) is 11.5 Å². The second kappa shape index (κ2) is 10.7. The molecule has 2 fully saturated rings. The largest absolute Gasteiger partial charge is 0.371 e. The highest BCUT2D eigenvalue weighted by atomic mass is 15.1. The second-order valence-electron chi connectivity index (χ2n) is 9.94. The van der Waals surface area contributed by atoms with Gasteiger partial charge in [0.2, 0.25) is 0 Å². The Labute approximate surface area is 203 Å². The number of hydrogen-bond acceptors (Lipinski definition) is 4. The summed E-state index contributed by atoms with van der Waals surface area (Å²) in [6.07, 6.45) is 11.0. The molecule has 0 radical (unpaired) electrons. The Balaban J connectivity index is 1.24. The molecule has 2 heterocycles. The third kappa shape index (κ3) is 5.42. The zero-order chi connectivity index (χ0) is 23.2. The summed E-state index contributed by atoms with van der Waals surface area (Å²) in [5.41, 5.74) is 4.44. The van der Waals surface area contributed by atoms with E-state index >= 15 is 0 Å². The van der Waals surface area contributed by atoms with Gasteiger partial charge in [-0.05, 0) is 91.5 Å². The number of nitrogens with zero attached hydrogens (tertiary/aromatic N) is 3. The Hall–Kier alpha value is -3.32. The Kier molecular flexibility index (Phi) is 7.10. The van der Waals surface area contributed by atoms with E-state index in [1.807, 2.05) is 18.3 Å². The summed E-state index contributed by atoms with van der Waals surface area (Å²) >= 11 is 0. The monoisotopic (exact) mass is 450 g/mol. The van der Waals surface area contributed by atoms with Gasteiger partial charge in [-0.3, -0.25) is 0 Å². The molecule has 3 aromatic rings. The van der Waals surface area contributed by atoms with E-state index in [0.717, 1.165) is 30.4 Å². The summed E-state index contributed by atoms with van der Waals surface area (Å²) < 4.78 is 0. The van der Waals surface area contributed by atoms with Crippen molar-refractivity contribution < 1.29 is 0 Å². The molecule has 1 N–H and O–H groups in total. The molecule has 1 saturated carbocycles. The number of piperidine rings is 1. The highest BCUT2D eigenvalue weighted by Gasteiger charge is 2.30. The molecule has 5 rings (SSSR count). The number of anilines is 2. The van der Waals surface area contributed by atoms with Gasteiger partial charge >= 0.3 is 0 Å². The Morgan fingerprint density at radius 2 is 1.74 bits per heavy atom. The first-order valence-electron chi connectivity index (χ1n) is 12.8. The molecule has 0 spiro atoms. The van der Waals surface area contributed by atoms with Crippen molar-refractivity contribution in [3.8, 4) is 17.2 Å². The van der Waals surface area contributed by atoms with E-state index < -0.39 is 0 Å². The summed E-state index contributed by atoms with van der Waals surface area (Å²) in [6.45, 7) is 2.24. The molecule has 4 nitrogen and oxygen atoms in total. The average Bonchev–Trinajstić information content (AvgIpc) is 2.91. The Morgan fingerprint density at radius 3 is 2.56 bits per heavy atom. The molecule has 0 amide bonds. The number of rotatable bonds is 6. The summed E-state index contributed by atoms with van der Waals surface area (Å²) in [4.78, 5) is 7.18. The molecule has 4 heteroatoms.